The normalized spacial score (nSPS) is 19.7. The van der Waals surface area contributed by atoms with Gasteiger partial charge in [0.05, 0.1) is 22.7 Å². The van der Waals surface area contributed by atoms with Crippen LogP contribution in [0, 0.1) is 0 Å². The molecule has 1 heterocycles. The molecule has 0 aliphatic carbocycles. The molecule has 0 saturated heterocycles. The standard InChI is InChI=1S/C21H23ClF3NO4/c1-5-20(18(22)9-15(11-26-20)21(23,24)25)30-17-10-16(29-12(2)3)7-6-14(17)8-13(4)19(27)28/h6-12,26H,5H2,1-4H3,(H,27,28)/p-1/b13-8+. The van der Waals surface area contributed by atoms with Gasteiger partial charge in [-0.1, -0.05) is 18.5 Å². The van der Waals surface area contributed by atoms with Crippen molar-refractivity contribution < 1.29 is 32.5 Å². The Balaban J connectivity index is 2.50. The van der Waals surface area contributed by atoms with Gasteiger partial charge in [0.1, 0.15) is 11.5 Å². The van der Waals surface area contributed by atoms with E-state index in [9.17, 15) is 23.1 Å². The van der Waals surface area contributed by atoms with Crippen LogP contribution < -0.4 is 19.9 Å². The Morgan fingerprint density at radius 2 is 2.03 bits per heavy atom. The van der Waals surface area contributed by atoms with Crippen LogP contribution in [0.15, 0.2) is 46.7 Å². The maximum absolute atomic E-state index is 13.0. The molecule has 0 amide bonds. The first-order chi connectivity index (χ1) is 13.9. The Kier molecular flexibility index (Phi) is 7.13. The fraction of sp³-hybridized carbons (Fsp3) is 0.381. The van der Waals surface area contributed by atoms with Gasteiger partial charge in [-0.15, -0.1) is 0 Å². The van der Waals surface area contributed by atoms with Crippen LogP contribution in [0.3, 0.4) is 0 Å². The number of benzene rings is 1. The van der Waals surface area contributed by atoms with Gasteiger partial charge in [0.25, 0.3) is 0 Å². The Morgan fingerprint density at radius 1 is 1.37 bits per heavy atom. The van der Waals surface area contributed by atoms with Crippen molar-refractivity contribution in [3.63, 3.8) is 0 Å². The van der Waals surface area contributed by atoms with Crippen molar-refractivity contribution in [3.8, 4) is 11.5 Å². The molecule has 1 atom stereocenters. The smallest absolute Gasteiger partial charge is 0.417 e. The third-order valence-corrected chi connectivity index (χ3v) is 4.70. The van der Waals surface area contributed by atoms with E-state index in [4.69, 9.17) is 21.1 Å². The van der Waals surface area contributed by atoms with E-state index in [1.165, 1.54) is 19.1 Å². The zero-order valence-electron chi connectivity index (χ0n) is 16.9. The fourth-order valence-electron chi connectivity index (χ4n) is 2.69. The lowest BCUT2D eigenvalue weighted by Crippen LogP contribution is -2.50. The van der Waals surface area contributed by atoms with Crippen LogP contribution in [0.5, 0.6) is 11.5 Å². The molecule has 0 saturated carbocycles. The third kappa shape index (κ3) is 5.50. The van der Waals surface area contributed by atoms with Crippen LogP contribution in [-0.4, -0.2) is 24.0 Å². The van der Waals surface area contributed by atoms with E-state index < -0.39 is 23.4 Å². The number of rotatable bonds is 7. The zero-order valence-corrected chi connectivity index (χ0v) is 17.6. The summed E-state index contributed by atoms with van der Waals surface area (Å²) in [5, 5.41) is 13.5. The van der Waals surface area contributed by atoms with Gasteiger partial charge in [0.2, 0.25) is 5.72 Å². The number of allylic oxidation sites excluding steroid dienone is 2. The van der Waals surface area contributed by atoms with Crippen molar-refractivity contribution in [2.75, 3.05) is 0 Å². The van der Waals surface area contributed by atoms with E-state index in [2.05, 4.69) is 5.32 Å². The van der Waals surface area contributed by atoms with Gasteiger partial charge >= 0.3 is 6.18 Å². The summed E-state index contributed by atoms with van der Waals surface area (Å²) in [6.07, 6.45) is -1.59. The first-order valence-electron chi connectivity index (χ1n) is 9.20. The number of hydrogen-bond acceptors (Lipinski definition) is 5. The molecular formula is C21H22ClF3NO4-. The molecule has 0 bridgehead atoms. The summed E-state index contributed by atoms with van der Waals surface area (Å²) >= 11 is 6.20. The monoisotopic (exact) mass is 444 g/mol. The van der Waals surface area contributed by atoms with Crippen LogP contribution in [0.1, 0.15) is 39.7 Å². The predicted octanol–water partition coefficient (Wildman–Crippen LogP) is 4.28. The molecule has 0 spiro atoms. The Hall–Kier alpha value is -2.61. The summed E-state index contributed by atoms with van der Waals surface area (Å²) in [6.45, 7) is 6.70. The molecule has 1 aliphatic rings. The molecule has 0 aromatic heterocycles. The number of carbonyl (C=O) groups is 1. The number of carboxylic acid groups (broad SMARTS) is 1. The van der Waals surface area contributed by atoms with Gasteiger partial charge in [-0.2, -0.15) is 13.2 Å². The minimum atomic E-state index is -4.57. The first-order valence-corrected chi connectivity index (χ1v) is 9.58. The maximum atomic E-state index is 13.0. The number of alkyl halides is 3. The number of carboxylic acids is 1. The average Bonchev–Trinajstić information content (AvgIpc) is 2.63. The second-order valence-electron chi connectivity index (χ2n) is 7.00. The largest absolute Gasteiger partial charge is 0.545 e. The highest BCUT2D eigenvalue weighted by atomic mass is 35.5. The molecule has 1 unspecified atom stereocenters. The molecule has 9 heteroatoms. The maximum Gasteiger partial charge on any atom is 0.417 e. The lowest BCUT2D eigenvalue weighted by Gasteiger charge is -2.37. The quantitative estimate of drug-likeness (QED) is 0.635. The van der Waals surface area contributed by atoms with E-state index in [-0.39, 0.29) is 28.9 Å². The molecular weight excluding hydrogens is 423 g/mol. The van der Waals surface area contributed by atoms with Crippen molar-refractivity contribution in [1.29, 1.82) is 0 Å². The second kappa shape index (κ2) is 9.04. The predicted molar refractivity (Wildman–Crippen MR) is 106 cm³/mol. The highest BCUT2D eigenvalue weighted by Gasteiger charge is 2.42. The van der Waals surface area contributed by atoms with Gasteiger partial charge < -0.3 is 24.7 Å². The number of ether oxygens (including phenoxy) is 2. The molecule has 1 aromatic carbocycles. The first kappa shape index (κ1) is 23.7. The molecule has 1 N–H and O–H groups in total. The minimum absolute atomic E-state index is 0.0552. The van der Waals surface area contributed by atoms with E-state index in [1.54, 1.807) is 19.1 Å². The zero-order chi connectivity index (χ0) is 22.7. The number of halogens is 4. The fourth-order valence-corrected chi connectivity index (χ4v) is 3.04. The third-order valence-electron chi connectivity index (χ3n) is 4.29. The summed E-state index contributed by atoms with van der Waals surface area (Å²) < 4.78 is 50.7. The number of dihydropyridines is 1. The number of nitrogens with one attached hydrogen (secondary N) is 1. The van der Waals surface area contributed by atoms with E-state index in [0.717, 1.165) is 12.3 Å². The van der Waals surface area contributed by atoms with E-state index in [1.807, 2.05) is 13.8 Å². The summed E-state index contributed by atoms with van der Waals surface area (Å²) in [5.41, 5.74) is -2.09. The SMILES string of the molecule is CCC1(Oc2cc(OC(C)C)ccc2/C=C(\C)C(=O)[O-])NC=C(C(F)(F)F)C=C1Cl. The molecule has 2 rings (SSSR count). The Bertz CT molecular complexity index is 906. The van der Waals surface area contributed by atoms with Crippen molar-refractivity contribution in [1.82, 2.24) is 5.32 Å². The van der Waals surface area contributed by atoms with Crippen molar-refractivity contribution in [3.05, 3.63) is 52.2 Å². The summed E-state index contributed by atoms with van der Waals surface area (Å²) in [5.74, 6) is -0.740. The molecule has 1 aliphatic heterocycles. The summed E-state index contributed by atoms with van der Waals surface area (Å²) in [6, 6.07) is 4.74. The van der Waals surface area contributed by atoms with Crippen molar-refractivity contribution >= 4 is 23.6 Å². The number of hydrogen-bond donors (Lipinski definition) is 1. The number of aliphatic carboxylic acids is 1. The molecule has 0 fully saturated rings. The van der Waals surface area contributed by atoms with Gasteiger partial charge in [-0.3, -0.25) is 0 Å². The van der Waals surface area contributed by atoms with Crippen LogP contribution >= 0.6 is 11.6 Å². The summed E-state index contributed by atoms with van der Waals surface area (Å²) in [4.78, 5) is 11.1. The van der Waals surface area contributed by atoms with Gasteiger partial charge in [-0.05, 0) is 50.6 Å². The Morgan fingerprint density at radius 3 is 2.53 bits per heavy atom. The summed E-state index contributed by atoms with van der Waals surface area (Å²) in [7, 11) is 0. The second-order valence-corrected chi connectivity index (χ2v) is 7.40. The van der Waals surface area contributed by atoms with Gasteiger partial charge in [-0.25, -0.2) is 0 Å². The molecule has 5 nitrogen and oxygen atoms in total. The highest BCUT2D eigenvalue weighted by molar-refractivity contribution is 6.31. The van der Waals surface area contributed by atoms with E-state index >= 15 is 0 Å². The highest BCUT2D eigenvalue weighted by Crippen LogP contribution is 2.39. The van der Waals surface area contributed by atoms with Crippen LogP contribution in [0.25, 0.3) is 6.08 Å². The van der Waals surface area contributed by atoms with Crippen molar-refractivity contribution in [2.45, 2.75) is 52.1 Å². The Labute approximate surface area is 177 Å². The molecule has 0 radical (unpaired) electrons. The van der Waals surface area contributed by atoms with Crippen LogP contribution in [0.2, 0.25) is 0 Å². The van der Waals surface area contributed by atoms with Crippen LogP contribution in [-0.2, 0) is 4.79 Å². The van der Waals surface area contributed by atoms with E-state index in [0.29, 0.717) is 11.3 Å². The topological polar surface area (TPSA) is 70.6 Å². The molecule has 164 valence electrons. The minimum Gasteiger partial charge on any atom is -0.545 e. The van der Waals surface area contributed by atoms with Crippen molar-refractivity contribution in [2.24, 2.45) is 0 Å². The molecule has 1 aromatic rings. The lowest BCUT2D eigenvalue weighted by atomic mass is 10.0. The lowest BCUT2D eigenvalue weighted by molar-refractivity contribution is -0.299. The number of carbonyl (C=O) groups excluding carboxylic acids is 1. The molecule has 30 heavy (non-hydrogen) atoms. The van der Waals surface area contributed by atoms with Gasteiger partial charge in [0, 0.05) is 24.3 Å². The van der Waals surface area contributed by atoms with Gasteiger partial charge in [0.15, 0.2) is 0 Å². The average molecular weight is 445 g/mol. The van der Waals surface area contributed by atoms with Crippen LogP contribution in [0.4, 0.5) is 13.2 Å².